The molecule has 0 aliphatic heterocycles. The van der Waals surface area contributed by atoms with Crippen molar-refractivity contribution in [1.29, 1.82) is 0 Å². The summed E-state index contributed by atoms with van der Waals surface area (Å²) >= 11 is 0. The van der Waals surface area contributed by atoms with Crippen LogP contribution in [0.1, 0.15) is 25.6 Å². The minimum absolute atomic E-state index is 0.225. The van der Waals surface area contributed by atoms with Crippen LogP contribution < -0.4 is 5.73 Å². The van der Waals surface area contributed by atoms with Crippen LogP contribution in [-0.2, 0) is 0 Å². The first kappa shape index (κ1) is 10.3. The molecule has 74 valence electrons. The van der Waals surface area contributed by atoms with Crippen molar-refractivity contribution in [2.75, 3.05) is 14.1 Å². The second kappa shape index (κ2) is 3.52. The van der Waals surface area contributed by atoms with Gasteiger partial charge in [-0.15, -0.1) is 0 Å². The number of hydrogen-bond acceptors (Lipinski definition) is 2. The summed E-state index contributed by atoms with van der Waals surface area (Å²) in [6.45, 7) is 4.08. The van der Waals surface area contributed by atoms with Crippen LogP contribution in [0.25, 0.3) is 0 Å². The Hall–Kier alpha value is -0.800. The average molecular weight is 181 g/mol. The van der Waals surface area contributed by atoms with Gasteiger partial charge in [-0.1, -0.05) is 0 Å². The summed E-state index contributed by atoms with van der Waals surface area (Å²) in [4.78, 5) is 5.33. The number of aromatic amines is 1. The van der Waals surface area contributed by atoms with Gasteiger partial charge in [0, 0.05) is 17.4 Å². The van der Waals surface area contributed by atoms with Gasteiger partial charge in [-0.05, 0) is 40.1 Å². The summed E-state index contributed by atoms with van der Waals surface area (Å²) in [7, 11) is 4.08. The van der Waals surface area contributed by atoms with Crippen LogP contribution in [0.3, 0.4) is 0 Å². The summed E-state index contributed by atoms with van der Waals surface area (Å²) in [5.74, 6) is 0. The molecule has 0 bridgehead atoms. The molecule has 0 fully saturated rings. The van der Waals surface area contributed by atoms with E-state index in [0.717, 1.165) is 5.69 Å². The quantitative estimate of drug-likeness (QED) is 0.739. The summed E-state index contributed by atoms with van der Waals surface area (Å²) in [5.41, 5.74) is 7.03. The molecule has 0 aliphatic rings. The van der Waals surface area contributed by atoms with E-state index >= 15 is 0 Å². The third-order valence-electron chi connectivity index (χ3n) is 2.14. The predicted octanol–water partition coefficient (Wildman–Crippen LogP) is 1.35. The molecule has 0 aromatic carbocycles. The van der Waals surface area contributed by atoms with Crippen molar-refractivity contribution >= 4 is 0 Å². The molecule has 3 N–H and O–H groups in total. The van der Waals surface area contributed by atoms with Crippen LogP contribution in [0, 0.1) is 0 Å². The Balaban J connectivity index is 2.94. The van der Waals surface area contributed by atoms with Crippen LogP contribution >= 0.6 is 0 Å². The molecule has 13 heavy (non-hydrogen) atoms. The molecule has 0 aliphatic carbocycles. The maximum Gasteiger partial charge on any atom is 0.0670 e. The predicted molar refractivity (Wildman–Crippen MR) is 55.5 cm³/mol. The number of nitrogens with zero attached hydrogens (tertiary/aromatic N) is 1. The number of hydrogen-bond donors (Lipinski definition) is 2. The number of aromatic nitrogens is 1. The topological polar surface area (TPSA) is 45.0 Å². The van der Waals surface area contributed by atoms with Gasteiger partial charge in [0.25, 0.3) is 0 Å². The Labute approximate surface area is 79.9 Å². The van der Waals surface area contributed by atoms with Crippen molar-refractivity contribution in [3.63, 3.8) is 0 Å². The van der Waals surface area contributed by atoms with E-state index in [4.69, 9.17) is 5.73 Å². The molecule has 1 aromatic heterocycles. The van der Waals surface area contributed by atoms with Gasteiger partial charge in [-0.2, -0.15) is 0 Å². The number of nitrogens with two attached hydrogens (primary N) is 1. The Kier molecular flexibility index (Phi) is 2.78. The van der Waals surface area contributed by atoms with Crippen molar-refractivity contribution in [3.8, 4) is 0 Å². The van der Waals surface area contributed by atoms with Crippen molar-refractivity contribution in [2.45, 2.75) is 25.4 Å². The zero-order valence-electron chi connectivity index (χ0n) is 8.83. The molecule has 0 radical (unpaired) electrons. The lowest BCUT2D eigenvalue weighted by Crippen LogP contribution is -2.46. The molecule has 0 amide bonds. The van der Waals surface area contributed by atoms with Gasteiger partial charge >= 0.3 is 0 Å². The molecule has 0 saturated heterocycles. The minimum Gasteiger partial charge on any atom is -0.364 e. The first-order valence-corrected chi connectivity index (χ1v) is 4.51. The van der Waals surface area contributed by atoms with Gasteiger partial charge in [-0.3, -0.25) is 4.90 Å². The maximum atomic E-state index is 6.11. The van der Waals surface area contributed by atoms with Gasteiger partial charge in [0.1, 0.15) is 0 Å². The van der Waals surface area contributed by atoms with E-state index in [9.17, 15) is 0 Å². The number of rotatable bonds is 3. The van der Waals surface area contributed by atoms with E-state index in [-0.39, 0.29) is 11.6 Å². The van der Waals surface area contributed by atoms with Crippen LogP contribution in [-0.4, -0.2) is 29.5 Å². The lowest BCUT2D eigenvalue weighted by molar-refractivity contribution is 0.201. The van der Waals surface area contributed by atoms with E-state index in [1.54, 1.807) is 0 Å². The number of H-pyrrole nitrogens is 1. The largest absolute Gasteiger partial charge is 0.364 e. The average Bonchev–Trinajstić information content (AvgIpc) is 2.34. The van der Waals surface area contributed by atoms with Crippen LogP contribution in [0.5, 0.6) is 0 Å². The highest BCUT2D eigenvalue weighted by molar-refractivity contribution is 5.14. The lowest BCUT2D eigenvalue weighted by atomic mass is 9.92. The van der Waals surface area contributed by atoms with Crippen LogP contribution in [0.4, 0.5) is 0 Å². The Morgan fingerprint density at radius 3 is 2.38 bits per heavy atom. The zero-order chi connectivity index (χ0) is 10.1. The molecule has 1 aromatic rings. The Bertz CT molecular complexity index is 244. The molecular weight excluding hydrogens is 162 g/mol. The fourth-order valence-electron chi connectivity index (χ4n) is 1.86. The van der Waals surface area contributed by atoms with E-state index in [2.05, 4.69) is 16.0 Å². The second-order valence-electron chi connectivity index (χ2n) is 4.31. The van der Waals surface area contributed by atoms with Crippen molar-refractivity contribution < 1.29 is 0 Å². The van der Waals surface area contributed by atoms with Crippen LogP contribution in [0.2, 0.25) is 0 Å². The molecule has 1 atom stereocenters. The monoisotopic (exact) mass is 181 g/mol. The van der Waals surface area contributed by atoms with Crippen molar-refractivity contribution in [1.82, 2.24) is 9.88 Å². The minimum atomic E-state index is -0.242. The fourth-order valence-corrected chi connectivity index (χ4v) is 1.86. The molecule has 3 heteroatoms. The maximum absolute atomic E-state index is 6.11. The molecule has 0 spiro atoms. The third kappa shape index (κ3) is 2.32. The van der Waals surface area contributed by atoms with E-state index in [0.29, 0.717) is 0 Å². The van der Waals surface area contributed by atoms with Crippen molar-refractivity contribution in [2.24, 2.45) is 5.73 Å². The molecule has 0 saturated carbocycles. The standard InChI is InChI=1S/C10H19N3/c1-10(2,11)9(13(3)4)8-6-5-7-12-8/h5-7,9,12H,11H2,1-4H3. The highest BCUT2D eigenvalue weighted by atomic mass is 15.1. The van der Waals surface area contributed by atoms with Crippen LogP contribution in [0.15, 0.2) is 18.3 Å². The third-order valence-corrected chi connectivity index (χ3v) is 2.14. The SMILES string of the molecule is CN(C)C(c1ccc[nH]1)C(C)(C)N. The number of likely N-dealkylation sites (N-methyl/N-ethyl adjacent to an activating group) is 1. The highest BCUT2D eigenvalue weighted by Gasteiger charge is 2.29. The highest BCUT2D eigenvalue weighted by Crippen LogP contribution is 2.26. The molecule has 1 rings (SSSR count). The van der Waals surface area contributed by atoms with Gasteiger partial charge in [-0.25, -0.2) is 0 Å². The fraction of sp³-hybridized carbons (Fsp3) is 0.600. The molecule has 1 unspecified atom stereocenters. The summed E-state index contributed by atoms with van der Waals surface area (Å²) < 4.78 is 0. The van der Waals surface area contributed by atoms with E-state index in [1.807, 2.05) is 40.2 Å². The van der Waals surface area contributed by atoms with E-state index < -0.39 is 0 Å². The zero-order valence-corrected chi connectivity index (χ0v) is 8.83. The smallest absolute Gasteiger partial charge is 0.0670 e. The Morgan fingerprint density at radius 2 is 2.08 bits per heavy atom. The molecular formula is C10H19N3. The second-order valence-corrected chi connectivity index (χ2v) is 4.31. The number of nitrogens with one attached hydrogen (secondary N) is 1. The summed E-state index contributed by atoms with van der Waals surface area (Å²) in [6, 6.07) is 4.29. The first-order chi connectivity index (χ1) is 5.93. The Morgan fingerprint density at radius 1 is 1.46 bits per heavy atom. The first-order valence-electron chi connectivity index (χ1n) is 4.51. The lowest BCUT2D eigenvalue weighted by Gasteiger charge is -2.35. The summed E-state index contributed by atoms with van der Waals surface area (Å²) in [6.07, 6.45) is 1.93. The molecule has 3 nitrogen and oxygen atoms in total. The van der Waals surface area contributed by atoms with Gasteiger partial charge in [0.15, 0.2) is 0 Å². The van der Waals surface area contributed by atoms with Crippen molar-refractivity contribution in [3.05, 3.63) is 24.0 Å². The summed E-state index contributed by atoms with van der Waals surface area (Å²) in [5, 5.41) is 0. The van der Waals surface area contributed by atoms with Gasteiger partial charge in [0.2, 0.25) is 0 Å². The van der Waals surface area contributed by atoms with Gasteiger partial charge < -0.3 is 10.7 Å². The molecule has 1 heterocycles. The normalized spacial score (nSPS) is 14.9. The van der Waals surface area contributed by atoms with Gasteiger partial charge in [0.05, 0.1) is 6.04 Å². The van der Waals surface area contributed by atoms with E-state index in [1.165, 1.54) is 0 Å².